The molecule has 1 atom stereocenters. The van der Waals surface area contributed by atoms with E-state index in [9.17, 15) is 0 Å². The van der Waals surface area contributed by atoms with Gasteiger partial charge in [0.1, 0.15) is 6.17 Å². The molecule has 0 radical (unpaired) electrons. The van der Waals surface area contributed by atoms with Crippen LogP contribution in [0.25, 0.3) is 0 Å². The summed E-state index contributed by atoms with van der Waals surface area (Å²) in [5.74, 6) is 0. The number of nitrogens with one attached hydrogen (secondary N) is 1. The average Bonchev–Trinajstić information content (AvgIpc) is 2.76. The monoisotopic (exact) mass is 232 g/mol. The van der Waals surface area contributed by atoms with Crippen molar-refractivity contribution in [2.24, 2.45) is 0 Å². The minimum atomic E-state index is 0.355. The minimum absolute atomic E-state index is 0.355. The van der Waals surface area contributed by atoms with E-state index in [1.54, 1.807) is 0 Å². The smallest absolute Gasteiger partial charge is 0.106 e. The van der Waals surface area contributed by atoms with Crippen molar-refractivity contribution in [2.75, 3.05) is 18.2 Å². The molecule has 1 aromatic rings. The van der Waals surface area contributed by atoms with Gasteiger partial charge in [0.25, 0.3) is 0 Å². The first kappa shape index (κ1) is 11.1. The topological polar surface area (TPSA) is 24.5 Å². The molecule has 92 valence electrons. The Morgan fingerprint density at radius 3 is 3.12 bits per heavy atom. The third-order valence-corrected chi connectivity index (χ3v) is 3.68. The summed E-state index contributed by atoms with van der Waals surface area (Å²) >= 11 is 0. The number of rotatable bonds is 1. The Morgan fingerprint density at radius 2 is 2.29 bits per heavy atom. The lowest BCUT2D eigenvalue weighted by molar-refractivity contribution is 0.0849. The number of aryl methyl sites for hydroxylation is 2. The maximum Gasteiger partial charge on any atom is 0.106 e. The maximum absolute atomic E-state index is 5.96. The third-order valence-electron chi connectivity index (χ3n) is 3.68. The molecule has 1 N–H and O–H groups in total. The van der Waals surface area contributed by atoms with Crippen LogP contribution in [0.4, 0.5) is 5.69 Å². The Labute approximate surface area is 103 Å². The lowest BCUT2D eigenvalue weighted by Gasteiger charge is -2.31. The van der Waals surface area contributed by atoms with Gasteiger partial charge in [-0.15, -0.1) is 0 Å². The fourth-order valence-electron chi connectivity index (χ4n) is 2.84. The number of anilines is 1. The van der Waals surface area contributed by atoms with E-state index in [1.165, 1.54) is 29.7 Å². The van der Waals surface area contributed by atoms with Gasteiger partial charge in [-0.3, -0.25) is 10.2 Å². The van der Waals surface area contributed by atoms with Gasteiger partial charge in [-0.1, -0.05) is 18.2 Å². The van der Waals surface area contributed by atoms with Crippen LogP contribution in [0, 0.1) is 6.92 Å². The zero-order valence-electron chi connectivity index (χ0n) is 10.4. The molecule has 1 fully saturated rings. The first-order valence-electron chi connectivity index (χ1n) is 6.60. The van der Waals surface area contributed by atoms with Crippen LogP contribution in [0.1, 0.15) is 30.4 Å². The summed E-state index contributed by atoms with van der Waals surface area (Å²) in [6.45, 7) is 4.10. The molecule has 0 amide bonds. The summed E-state index contributed by atoms with van der Waals surface area (Å²) in [6.07, 6.45) is 5.01. The second kappa shape index (κ2) is 4.67. The average molecular weight is 232 g/mol. The van der Waals surface area contributed by atoms with Crippen LogP contribution in [0.3, 0.4) is 0 Å². The Hall–Kier alpha value is -1.06. The van der Waals surface area contributed by atoms with Gasteiger partial charge in [-0.25, -0.2) is 5.06 Å². The summed E-state index contributed by atoms with van der Waals surface area (Å²) in [6, 6.07) is 6.56. The molecule has 3 rings (SSSR count). The van der Waals surface area contributed by atoms with Crippen LogP contribution in [0.2, 0.25) is 0 Å². The molecule has 2 aliphatic rings. The fraction of sp³-hybridized carbons (Fsp3) is 0.571. The molecule has 3 nitrogen and oxygen atoms in total. The summed E-state index contributed by atoms with van der Waals surface area (Å²) in [5, 5.41) is 5.65. The normalized spacial score (nSPS) is 24.5. The van der Waals surface area contributed by atoms with Crippen LogP contribution in [-0.2, 0) is 11.3 Å². The number of benzene rings is 1. The largest absolute Gasteiger partial charge is 0.295 e. The lowest BCUT2D eigenvalue weighted by atomic mass is 10.0. The number of hydrogen-bond acceptors (Lipinski definition) is 3. The maximum atomic E-state index is 5.96. The zero-order chi connectivity index (χ0) is 11.7. The molecule has 17 heavy (non-hydrogen) atoms. The Balaban J connectivity index is 1.99. The molecular weight excluding hydrogens is 212 g/mol. The predicted octanol–water partition coefficient (Wildman–Crippen LogP) is 2.39. The van der Waals surface area contributed by atoms with Crippen LogP contribution >= 0.6 is 0 Å². The van der Waals surface area contributed by atoms with Crippen molar-refractivity contribution in [1.29, 1.82) is 0 Å². The highest BCUT2D eigenvalue weighted by atomic mass is 16.7. The van der Waals surface area contributed by atoms with E-state index >= 15 is 0 Å². The van der Waals surface area contributed by atoms with Crippen molar-refractivity contribution in [3.05, 3.63) is 29.3 Å². The molecule has 0 aliphatic carbocycles. The van der Waals surface area contributed by atoms with Gasteiger partial charge in [0.15, 0.2) is 0 Å². The standard InChI is InChI=1S/C14H20N2O/c1-11-5-2-6-12-7-4-10-17-16(14(11)12)13-8-3-9-15-13/h2,5-6,13,15H,3-4,7-10H2,1H3/t13-/m1/s1. The van der Waals surface area contributed by atoms with Crippen molar-refractivity contribution >= 4 is 5.69 Å². The summed E-state index contributed by atoms with van der Waals surface area (Å²) < 4.78 is 0. The number of fused-ring (bicyclic) bond motifs is 1. The molecule has 1 saturated heterocycles. The van der Waals surface area contributed by atoms with E-state index in [0.717, 1.165) is 26.0 Å². The number of para-hydroxylation sites is 1. The van der Waals surface area contributed by atoms with Crippen LogP contribution in [-0.4, -0.2) is 19.3 Å². The van der Waals surface area contributed by atoms with Gasteiger partial charge in [-0.2, -0.15) is 0 Å². The highest BCUT2D eigenvalue weighted by molar-refractivity contribution is 5.58. The Bertz CT molecular complexity index is 399. The lowest BCUT2D eigenvalue weighted by Crippen LogP contribution is -2.42. The molecule has 2 aliphatic heterocycles. The highest BCUT2D eigenvalue weighted by Crippen LogP contribution is 2.31. The van der Waals surface area contributed by atoms with Gasteiger partial charge in [0, 0.05) is 0 Å². The van der Waals surface area contributed by atoms with Gasteiger partial charge < -0.3 is 0 Å². The molecule has 0 spiro atoms. The molecule has 0 saturated carbocycles. The van der Waals surface area contributed by atoms with Crippen molar-refractivity contribution in [3.8, 4) is 0 Å². The second-order valence-electron chi connectivity index (χ2n) is 4.96. The summed E-state index contributed by atoms with van der Waals surface area (Å²) in [4.78, 5) is 5.96. The molecule has 0 bridgehead atoms. The molecule has 1 aromatic carbocycles. The van der Waals surface area contributed by atoms with E-state index in [4.69, 9.17) is 4.84 Å². The first-order chi connectivity index (χ1) is 8.36. The fourth-order valence-corrected chi connectivity index (χ4v) is 2.84. The van der Waals surface area contributed by atoms with E-state index in [0.29, 0.717) is 6.17 Å². The summed E-state index contributed by atoms with van der Waals surface area (Å²) in [5.41, 5.74) is 4.04. The van der Waals surface area contributed by atoms with Crippen molar-refractivity contribution in [2.45, 2.75) is 38.8 Å². The van der Waals surface area contributed by atoms with Crippen LogP contribution in [0.15, 0.2) is 18.2 Å². The molecule has 0 aromatic heterocycles. The van der Waals surface area contributed by atoms with Crippen molar-refractivity contribution < 1.29 is 4.84 Å². The molecule has 3 heteroatoms. The highest BCUT2D eigenvalue weighted by Gasteiger charge is 2.27. The molecule has 0 unspecified atom stereocenters. The van der Waals surface area contributed by atoms with Crippen LogP contribution < -0.4 is 10.4 Å². The Morgan fingerprint density at radius 1 is 1.35 bits per heavy atom. The van der Waals surface area contributed by atoms with Gasteiger partial charge in [0.2, 0.25) is 0 Å². The minimum Gasteiger partial charge on any atom is -0.295 e. The Kier molecular flexibility index (Phi) is 3.04. The second-order valence-corrected chi connectivity index (χ2v) is 4.96. The number of hydroxylamine groups is 1. The predicted molar refractivity (Wildman–Crippen MR) is 69.0 cm³/mol. The molecular formula is C14H20N2O. The van der Waals surface area contributed by atoms with E-state index in [2.05, 4.69) is 35.5 Å². The zero-order valence-corrected chi connectivity index (χ0v) is 10.4. The van der Waals surface area contributed by atoms with Gasteiger partial charge >= 0.3 is 0 Å². The first-order valence-corrected chi connectivity index (χ1v) is 6.60. The SMILES string of the molecule is Cc1cccc2c1N([C@@H]1CCCN1)OCCC2. The van der Waals surface area contributed by atoms with E-state index in [1.807, 2.05) is 0 Å². The van der Waals surface area contributed by atoms with Crippen LogP contribution in [0.5, 0.6) is 0 Å². The third kappa shape index (κ3) is 2.05. The van der Waals surface area contributed by atoms with Gasteiger partial charge in [-0.05, 0) is 50.3 Å². The van der Waals surface area contributed by atoms with E-state index < -0.39 is 0 Å². The van der Waals surface area contributed by atoms with E-state index in [-0.39, 0.29) is 0 Å². The summed E-state index contributed by atoms with van der Waals surface area (Å²) in [7, 11) is 0. The number of hydrogen-bond donors (Lipinski definition) is 1. The number of nitrogens with zero attached hydrogens (tertiary/aromatic N) is 1. The van der Waals surface area contributed by atoms with Crippen molar-refractivity contribution in [3.63, 3.8) is 0 Å². The quantitative estimate of drug-likeness (QED) is 0.804. The van der Waals surface area contributed by atoms with Gasteiger partial charge in [0.05, 0.1) is 12.3 Å². The van der Waals surface area contributed by atoms with Crippen molar-refractivity contribution in [1.82, 2.24) is 5.32 Å². The molecule has 2 heterocycles.